The third-order valence-electron chi connectivity index (χ3n) is 4.14. The SMILES string of the molecule is CC(=O)N(/N=C/c1ccccc1)c1ccc(C(C#N)c2cnc(Cl)s2)c(C)c1. The van der Waals surface area contributed by atoms with E-state index < -0.39 is 5.92 Å². The molecule has 0 spiro atoms. The average molecular weight is 409 g/mol. The van der Waals surface area contributed by atoms with Gasteiger partial charge in [0, 0.05) is 18.0 Å². The number of aryl methyl sites for hydroxylation is 1. The summed E-state index contributed by atoms with van der Waals surface area (Å²) in [6.45, 7) is 3.37. The van der Waals surface area contributed by atoms with Crippen molar-refractivity contribution < 1.29 is 4.79 Å². The number of thiazole rings is 1. The molecular weight excluding hydrogens is 392 g/mol. The summed E-state index contributed by atoms with van der Waals surface area (Å²) in [5.74, 6) is -0.664. The molecule has 3 rings (SSSR count). The number of benzene rings is 2. The number of carbonyl (C=O) groups is 1. The lowest BCUT2D eigenvalue weighted by atomic mass is 9.94. The number of hydrogen-bond donors (Lipinski definition) is 0. The maximum absolute atomic E-state index is 12.1. The van der Waals surface area contributed by atoms with Crippen LogP contribution in [0.15, 0.2) is 59.8 Å². The molecule has 1 amide bonds. The molecule has 0 aliphatic carbocycles. The van der Waals surface area contributed by atoms with E-state index in [0.717, 1.165) is 21.6 Å². The van der Waals surface area contributed by atoms with Gasteiger partial charge < -0.3 is 0 Å². The average Bonchev–Trinajstić information content (AvgIpc) is 3.11. The van der Waals surface area contributed by atoms with Crippen LogP contribution < -0.4 is 5.01 Å². The van der Waals surface area contributed by atoms with Crippen LogP contribution in [0, 0.1) is 18.3 Å². The number of hydrogen-bond acceptors (Lipinski definition) is 5. The minimum atomic E-state index is -0.461. The Balaban J connectivity index is 1.92. The number of aromatic nitrogens is 1. The molecule has 0 saturated heterocycles. The van der Waals surface area contributed by atoms with Crippen LogP contribution in [-0.2, 0) is 4.79 Å². The van der Waals surface area contributed by atoms with Crippen LogP contribution in [0.5, 0.6) is 0 Å². The van der Waals surface area contributed by atoms with Crippen LogP contribution in [0.1, 0.15) is 34.4 Å². The first kappa shape index (κ1) is 19.7. The van der Waals surface area contributed by atoms with Gasteiger partial charge in [0.25, 0.3) is 0 Å². The Morgan fingerprint density at radius 1 is 1.32 bits per heavy atom. The molecule has 1 atom stereocenters. The maximum atomic E-state index is 12.1. The van der Waals surface area contributed by atoms with Gasteiger partial charge in [0.15, 0.2) is 4.47 Å². The second-order valence-electron chi connectivity index (χ2n) is 6.10. The molecule has 0 radical (unpaired) electrons. The lowest BCUT2D eigenvalue weighted by Crippen LogP contribution is -2.22. The van der Waals surface area contributed by atoms with Crippen molar-refractivity contribution in [1.29, 1.82) is 5.26 Å². The fourth-order valence-corrected chi connectivity index (χ4v) is 3.81. The normalized spacial score (nSPS) is 11.9. The molecule has 5 nitrogen and oxygen atoms in total. The Bertz CT molecular complexity index is 1060. The van der Waals surface area contributed by atoms with Gasteiger partial charge >= 0.3 is 0 Å². The Labute approximate surface area is 172 Å². The van der Waals surface area contributed by atoms with Gasteiger partial charge in [0.2, 0.25) is 5.91 Å². The highest BCUT2D eigenvalue weighted by molar-refractivity contribution is 7.15. The zero-order valence-electron chi connectivity index (χ0n) is 15.3. The number of halogens is 1. The summed E-state index contributed by atoms with van der Waals surface area (Å²) >= 11 is 7.20. The van der Waals surface area contributed by atoms with E-state index in [1.54, 1.807) is 18.5 Å². The third kappa shape index (κ3) is 4.45. The highest BCUT2D eigenvalue weighted by atomic mass is 35.5. The summed E-state index contributed by atoms with van der Waals surface area (Å²) in [7, 11) is 0. The fourth-order valence-electron chi connectivity index (χ4n) is 2.79. The number of hydrazone groups is 1. The molecule has 1 heterocycles. The topological polar surface area (TPSA) is 69.3 Å². The molecule has 0 fully saturated rings. The molecule has 3 aromatic rings. The largest absolute Gasteiger partial charge is 0.273 e. The molecule has 140 valence electrons. The van der Waals surface area contributed by atoms with E-state index in [2.05, 4.69) is 16.2 Å². The van der Waals surface area contributed by atoms with E-state index in [1.807, 2.05) is 49.4 Å². The van der Waals surface area contributed by atoms with Crippen molar-refractivity contribution in [2.75, 3.05) is 5.01 Å². The van der Waals surface area contributed by atoms with E-state index in [0.29, 0.717) is 10.2 Å². The van der Waals surface area contributed by atoms with Gasteiger partial charge in [-0.1, -0.05) is 48.0 Å². The Morgan fingerprint density at radius 2 is 2.07 bits per heavy atom. The molecule has 0 saturated carbocycles. The zero-order valence-corrected chi connectivity index (χ0v) is 16.9. The zero-order chi connectivity index (χ0) is 20.1. The predicted octanol–water partition coefficient (Wildman–Crippen LogP) is 5.15. The third-order valence-corrected chi connectivity index (χ3v) is 5.32. The monoisotopic (exact) mass is 408 g/mol. The maximum Gasteiger partial charge on any atom is 0.244 e. The van der Waals surface area contributed by atoms with Crippen LogP contribution in [0.2, 0.25) is 4.47 Å². The van der Waals surface area contributed by atoms with Crippen molar-refractivity contribution in [2.24, 2.45) is 5.10 Å². The summed E-state index contributed by atoms with van der Waals surface area (Å²) in [6.07, 6.45) is 3.27. The number of rotatable bonds is 5. The standard InChI is InChI=1S/C21H17ClN4OS/c1-14-10-17(26(15(2)27)25-12-16-6-4-3-5-7-16)8-9-18(14)19(11-23)20-13-24-21(22)28-20/h3-10,12-13,19H,1-2H3/b25-12+. The molecule has 0 N–H and O–H groups in total. The van der Waals surface area contributed by atoms with Crippen LogP contribution in [0.3, 0.4) is 0 Å². The van der Waals surface area contributed by atoms with Gasteiger partial charge in [-0.15, -0.1) is 11.3 Å². The van der Waals surface area contributed by atoms with Crippen molar-refractivity contribution >= 4 is 40.7 Å². The Morgan fingerprint density at radius 3 is 2.64 bits per heavy atom. The van der Waals surface area contributed by atoms with Crippen molar-refractivity contribution in [1.82, 2.24) is 4.98 Å². The van der Waals surface area contributed by atoms with Crippen LogP contribution in [0.25, 0.3) is 0 Å². The van der Waals surface area contributed by atoms with Gasteiger partial charge in [-0.25, -0.2) is 9.99 Å². The Kier molecular flexibility index (Phi) is 6.19. The first-order chi connectivity index (χ1) is 13.5. The van der Waals surface area contributed by atoms with Crippen molar-refractivity contribution in [2.45, 2.75) is 19.8 Å². The second kappa shape index (κ2) is 8.79. The summed E-state index contributed by atoms with van der Waals surface area (Å²) < 4.78 is 0.405. The van der Waals surface area contributed by atoms with E-state index in [9.17, 15) is 10.1 Å². The van der Waals surface area contributed by atoms with Gasteiger partial charge in [-0.2, -0.15) is 10.4 Å². The summed E-state index contributed by atoms with van der Waals surface area (Å²) in [5.41, 5.74) is 3.27. The number of anilines is 1. The van der Waals surface area contributed by atoms with E-state index in [1.165, 1.54) is 23.3 Å². The minimum Gasteiger partial charge on any atom is -0.273 e. The second-order valence-corrected chi connectivity index (χ2v) is 7.75. The van der Waals surface area contributed by atoms with Crippen LogP contribution >= 0.6 is 22.9 Å². The fraction of sp³-hybridized carbons (Fsp3) is 0.143. The molecule has 0 aliphatic rings. The number of nitriles is 1. The molecule has 28 heavy (non-hydrogen) atoms. The van der Waals surface area contributed by atoms with Crippen molar-refractivity contribution in [3.05, 3.63) is 80.8 Å². The first-order valence-electron chi connectivity index (χ1n) is 8.50. The summed E-state index contributed by atoms with van der Waals surface area (Å²) in [6, 6.07) is 17.4. The van der Waals surface area contributed by atoms with Crippen LogP contribution in [-0.4, -0.2) is 17.1 Å². The first-order valence-corrected chi connectivity index (χ1v) is 9.70. The van der Waals surface area contributed by atoms with E-state index in [-0.39, 0.29) is 5.91 Å². The molecule has 2 aromatic carbocycles. The number of nitrogens with zero attached hydrogens (tertiary/aromatic N) is 4. The van der Waals surface area contributed by atoms with Crippen LogP contribution in [0.4, 0.5) is 5.69 Å². The van der Waals surface area contributed by atoms with Crippen molar-refractivity contribution in [3.63, 3.8) is 0 Å². The predicted molar refractivity (Wildman–Crippen MR) is 113 cm³/mol. The van der Waals surface area contributed by atoms with E-state index in [4.69, 9.17) is 11.6 Å². The van der Waals surface area contributed by atoms with Crippen molar-refractivity contribution in [3.8, 4) is 6.07 Å². The highest BCUT2D eigenvalue weighted by Crippen LogP contribution is 2.33. The van der Waals surface area contributed by atoms with Gasteiger partial charge in [0.1, 0.15) is 5.92 Å². The molecule has 0 aliphatic heterocycles. The van der Waals surface area contributed by atoms with Gasteiger partial charge in [-0.3, -0.25) is 4.79 Å². The summed E-state index contributed by atoms with van der Waals surface area (Å²) in [5, 5.41) is 15.3. The Hall–Kier alpha value is -3.01. The lowest BCUT2D eigenvalue weighted by Gasteiger charge is -2.18. The minimum absolute atomic E-state index is 0.203. The molecule has 1 aromatic heterocycles. The molecule has 1 unspecified atom stereocenters. The quantitative estimate of drug-likeness (QED) is 0.433. The molecule has 7 heteroatoms. The molecular formula is C21H17ClN4OS. The van der Waals surface area contributed by atoms with Gasteiger partial charge in [-0.05, 0) is 35.7 Å². The van der Waals surface area contributed by atoms with E-state index >= 15 is 0 Å². The number of carbonyl (C=O) groups excluding carboxylic acids is 1. The highest BCUT2D eigenvalue weighted by Gasteiger charge is 2.20. The smallest absolute Gasteiger partial charge is 0.244 e. The molecule has 0 bridgehead atoms. The lowest BCUT2D eigenvalue weighted by molar-refractivity contribution is -0.116. The number of amides is 1. The van der Waals surface area contributed by atoms with Gasteiger partial charge in [0.05, 0.1) is 18.0 Å². The summed E-state index contributed by atoms with van der Waals surface area (Å²) in [4.78, 5) is 16.9.